The fraction of sp³-hybridized carbons (Fsp3) is 0.500. The molecule has 1 aliphatic rings. The van der Waals surface area contributed by atoms with Crippen LogP contribution in [0, 0.1) is 0 Å². The molecule has 1 unspecified atom stereocenters. The third-order valence-electron chi connectivity index (χ3n) is 3.75. The summed E-state index contributed by atoms with van der Waals surface area (Å²) < 4.78 is 0. The highest BCUT2D eigenvalue weighted by Gasteiger charge is 2.31. The normalized spacial score (nSPS) is 18.1. The van der Waals surface area contributed by atoms with Crippen LogP contribution in [0.1, 0.15) is 48.4 Å². The Kier molecular flexibility index (Phi) is 3.33. The lowest BCUT2D eigenvalue weighted by Gasteiger charge is -2.18. The maximum Gasteiger partial charge on any atom is 0.311 e. The Morgan fingerprint density at radius 1 is 1.55 bits per heavy atom. The fourth-order valence-corrected chi connectivity index (χ4v) is 4.18. The number of aromatic amines is 1. The molecule has 0 fully saturated rings. The molecule has 2 aromatic heterocycles. The van der Waals surface area contributed by atoms with Gasteiger partial charge in [-0.05, 0) is 31.2 Å². The van der Waals surface area contributed by atoms with Crippen molar-refractivity contribution in [3.05, 3.63) is 26.6 Å². The average Bonchev–Trinajstić information content (AvgIpc) is 2.77. The number of carboxylic acids is 1. The summed E-state index contributed by atoms with van der Waals surface area (Å²) in [6.07, 6.45) is 3.96. The number of hydrogen-bond acceptors (Lipinski definition) is 4. The zero-order valence-electron chi connectivity index (χ0n) is 11.2. The van der Waals surface area contributed by atoms with Gasteiger partial charge in [0.15, 0.2) is 0 Å². The second-order valence-electron chi connectivity index (χ2n) is 5.16. The second-order valence-corrected chi connectivity index (χ2v) is 6.25. The molecule has 0 radical (unpaired) electrons. The van der Waals surface area contributed by atoms with E-state index >= 15 is 0 Å². The third-order valence-corrected chi connectivity index (χ3v) is 4.91. The minimum absolute atomic E-state index is 0.191. The van der Waals surface area contributed by atoms with Crippen LogP contribution in [0.25, 0.3) is 10.2 Å². The molecule has 2 aromatic rings. The molecule has 3 rings (SSSR count). The highest BCUT2D eigenvalue weighted by molar-refractivity contribution is 7.18. The molecule has 0 bridgehead atoms. The molecule has 5 nitrogen and oxygen atoms in total. The number of nitrogens with one attached hydrogen (secondary N) is 1. The van der Waals surface area contributed by atoms with Crippen molar-refractivity contribution in [2.45, 2.75) is 44.9 Å². The van der Waals surface area contributed by atoms with Crippen LogP contribution in [0.5, 0.6) is 0 Å². The molecule has 0 aromatic carbocycles. The van der Waals surface area contributed by atoms with Crippen molar-refractivity contribution in [1.82, 2.24) is 9.97 Å². The van der Waals surface area contributed by atoms with Gasteiger partial charge in [0.2, 0.25) is 0 Å². The Bertz CT molecular complexity index is 732. The Morgan fingerprint density at radius 2 is 2.35 bits per heavy atom. The number of hydrogen-bond donors (Lipinski definition) is 2. The number of H-pyrrole nitrogens is 1. The fourth-order valence-electron chi connectivity index (χ4n) is 2.89. The number of carbonyl (C=O) groups is 1. The number of aliphatic carboxylic acids is 1. The van der Waals surface area contributed by atoms with E-state index in [4.69, 9.17) is 0 Å². The molecule has 0 amide bonds. The van der Waals surface area contributed by atoms with Gasteiger partial charge in [-0.2, -0.15) is 0 Å². The molecule has 106 valence electrons. The van der Waals surface area contributed by atoms with Gasteiger partial charge in [0.05, 0.1) is 11.3 Å². The predicted octanol–water partition coefficient (Wildman–Crippen LogP) is 2.44. The van der Waals surface area contributed by atoms with Gasteiger partial charge < -0.3 is 10.1 Å². The van der Waals surface area contributed by atoms with Crippen molar-refractivity contribution >= 4 is 27.5 Å². The lowest BCUT2D eigenvalue weighted by molar-refractivity contribution is -0.139. The Hall–Kier alpha value is -1.69. The van der Waals surface area contributed by atoms with Crippen molar-refractivity contribution in [3.8, 4) is 0 Å². The molecular formula is C14H16N2O3S. The summed E-state index contributed by atoms with van der Waals surface area (Å²) in [4.78, 5) is 32.7. The van der Waals surface area contributed by atoms with Crippen molar-refractivity contribution in [2.75, 3.05) is 0 Å². The summed E-state index contributed by atoms with van der Waals surface area (Å²) in [5.41, 5.74) is 0.518. The van der Waals surface area contributed by atoms with Crippen molar-refractivity contribution in [2.24, 2.45) is 0 Å². The highest BCUT2D eigenvalue weighted by Crippen LogP contribution is 2.40. The van der Waals surface area contributed by atoms with Gasteiger partial charge in [-0.3, -0.25) is 9.59 Å². The number of aromatic nitrogens is 2. The Labute approximate surface area is 119 Å². The highest BCUT2D eigenvalue weighted by atomic mass is 32.1. The second kappa shape index (κ2) is 5.01. The Morgan fingerprint density at radius 3 is 3.05 bits per heavy atom. The Balaban J connectivity index is 2.25. The topological polar surface area (TPSA) is 83.0 Å². The average molecular weight is 292 g/mol. The number of nitrogens with zero attached hydrogens (tertiary/aromatic N) is 1. The van der Waals surface area contributed by atoms with Crippen molar-refractivity contribution < 1.29 is 9.90 Å². The van der Waals surface area contributed by atoms with Gasteiger partial charge in [0.1, 0.15) is 10.7 Å². The largest absolute Gasteiger partial charge is 0.481 e. The number of thiophene rings is 1. The van der Waals surface area contributed by atoms with Gasteiger partial charge in [-0.25, -0.2) is 4.98 Å². The quantitative estimate of drug-likeness (QED) is 0.910. The standard InChI is InChI=1S/C14H16N2O3S/c1-2-4-9-15-12(17)11-10-7(14(18)19)5-3-6-8(10)20-13(11)16-9/h7H,2-6H2,1H3,(H,18,19)(H,15,16,17). The van der Waals surface area contributed by atoms with Crippen LogP contribution >= 0.6 is 11.3 Å². The van der Waals surface area contributed by atoms with Crippen LogP contribution in [0.4, 0.5) is 0 Å². The summed E-state index contributed by atoms with van der Waals surface area (Å²) >= 11 is 1.48. The molecule has 2 N–H and O–H groups in total. The summed E-state index contributed by atoms with van der Waals surface area (Å²) in [6.45, 7) is 2.03. The minimum atomic E-state index is -0.845. The first kappa shape index (κ1) is 13.3. The number of rotatable bonds is 3. The molecule has 6 heteroatoms. The van der Waals surface area contributed by atoms with E-state index in [0.29, 0.717) is 28.0 Å². The van der Waals surface area contributed by atoms with Crippen LogP contribution in [-0.2, 0) is 17.6 Å². The van der Waals surface area contributed by atoms with Crippen LogP contribution in [0.3, 0.4) is 0 Å². The van der Waals surface area contributed by atoms with E-state index in [-0.39, 0.29) is 5.56 Å². The first-order valence-electron chi connectivity index (χ1n) is 6.89. The van der Waals surface area contributed by atoms with Gasteiger partial charge in [0.25, 0.3) is 5.56 Å². The van der Waals surface area contributed by atoms with Crippen LogP contribution in [0.15, 0.2) is 4.79 Å². The lowest BCUT2D eigenvalue weighted by atomic mass is 9.86. The van der Waals surface area contributed by atoms with Gasteiger partial charge in [0, 0.05) is 11.3 Å². The van der Waals surface area contributed by atoms with Gasteiger partial charge in [-0.15, -0.1) is 11.3 Å². The zero-order valence-corrected chi connectivity index (χ0v) is 12.0. The maximum atomic E-state index is 12.3. The summed E-state index contributed by atoms with van der Waals surface area (Å²) in [6, 6.07) is 0. The summed E-state index contributed by atoms with van der Waals surface area (Å²) in [5, 5.41) is 9.86. The molecule has 0 spiro atoms. The maximum absolute atomic E-state index is 12.3. The predicted molar refractivity (Wildman–Crippen MR) is 77.6 cm³/mol. The van der Waals surface area contributed by atoms with E-state index in [2.05, 4.69) is 9.97 Å². The molecule has 1 atom stereocenters. The van der Waals surface area contributed by atoms with Crippen molar-refractivity contribution in [1.29, 1.82) is 0 Å². The van der Waals surface area contributed by atoms with Crippen LogP contribution < -0.4 is 5.56 Å². The van der Waals surface area contributed by atoms with E-state index in [1.165, 1.54) is 11.3 Å². The van der Waals surface area contributed by atoms with Gasteiger partial charge in [-0.1, -0.05) is 6.92 Å². The van der Waals surface area contributed by atoms with E-state index < -0.39 is 11.9 Å². The van der Waals surface area contributed by atoms with Crippen molar-refractivity contribution in [3.63, 3.8) is 0 Å². The van der Waals surface area contributed by atoms with Crippen LogP contribution in [-0.4, -0.2) is 21.0 Å². The van der Waals surface area contributed by atoms with Gasteiger partial charge >= 0.3 is 5.97 Å². The molecule has 0 saturated carbocycles. The van der Waals surface area contributed by atoms with E-state index in [9.17, 15) is 14.7 Å². The molecule has 2 heterocycles. The third kappa shape index (κ3) is 2.04. The molecule has 0 aliphatic heterocycles. The minimum Gasteiger partial charge on any atom is -0.481 e. The number of aryl methyl sites for hydroxylation is 2. The smallest absolute Gasteiger partial charge is 0.311 e. The molecular weight excluding hydrogens is 276 g/mol. The SMILES string of the molecule is CCCc1nc2sc3c(c2c(=O)[nH]1)C(C(=O)O)CCC3. The molecule has 0 saturated heterocycles. The monoisotopic (exact) mass is 292 g/mol. The zero-order chi connectivity index (χ0) is 14.3. The van der Waals surface area contributed by atoms with Crippen LogP contribution in [0.2, 0.25) is 0 Å². The van der Waals surface area contributed by atoms with E-state index in [1.807, 2.05) is 6.92 Å². The van der Waals surface area contributed by atoms with E-state index in [1.54, 1.807) is 0 Å². The lowest BCUT2D eigenvalue weighted by Crippen LogP contribution is -2.19. The number of carboxylic acid groups (broad SMARTS) is 1. The summed E-state index contributed by atoms with van der Waals surface area (Å²) in [5.74, 6) is -0.717. The first-order chi connectivity index (χ1) is 9.61. The number of fused-ring (bicyclic) bond motifs is 3. The molecule has 1 aliphatic carbocycles. The summed E-state index contributed by atoms with van der Waals surface area (Å²) in [7, 11) is 0. The van der Waals surface area contributed by atoms with E-state index in [0.717, 1.165) is 30.6 Å². The molecule has 20 heavy (non-hydrogen) atoms. The first-order valence-corrected chi connectivity index (χ1v) is 7.70.